The van der Waals surface area contributed by atoms with Gasteiger partial charge in [-0.1, -0.05) is 41.1 Å². The molecule has 1 saturated heterocycles. The molecule has 3 aromatic rings. The number of nitrogens with one attached hydrogen (secondary N) is 1. The second-order valence-electron chi connectivity index (χ2n) is 6.94. The van der Waals surface area contributed by atoms with Crippen LogP contribution in [0.1, 0.15) is 36.8 Å². The highest BCUT2D eigenvalue weighted by Gasteiger charge is 2.32. The zero-order valence-corrected chi connectivity index (χ0v) is 15.6. The van der Waals surface area contributed by atoms with Crippen molar-refractivity contribution in [2.75, 3.05) is 11.9 Å². The molecule has 1 aromatic heterocycles. The Morgan fingerprint density at radius 1 is 1.21 bits per heavy atom. The molecule has 0 bridgehead atoms. The van der Waals surface area contributed by atoms with Crippen molar-refractivity contribution in [3.05, 3.63) is 65.8 Å². The van der Waals surface area contributed by atoms with Gasteiger partial charge in [0.25, 0.3) is 0 Å². The third-order valence-electron chi connectivity index (χ3n) is 4.88. The van der Waals surface area contributed by atoms with Crippen molar-refractivity contribution in [3.8, 4) is 11.4 Å². The summed E-state index contributed by atoms with van der Waals surface area (Å²) in [5, 5.41) is 6.74. The number of benzene rings is 2. The highest BCUT2D eigenvalue weighted by atomic mass is 19.1. The van der Waals surface area contributed by atoms with Crippen LogP contribution in [0.3, 0.4) is 0 Å². The maximum Gasteiger partial charge on any atom is 0.322 e. The lowest BCUT2D eigenvalue weighted by Gasteiger charge is -2.33. The minimum atomic E-state index is -0.469. The number of aryl methyl sites for hydroxylation is 1. The van der Waals surface area contributed by atoms with Crippen molar-refractivity contribution < 1.29 is 13.7 Å². The molecular formula is C21H21FN4O2. The van der Waals surface area contributed by atoms with Crippen molar-refractivity contribution in [1.82, 2.24) is 15.0 Å². The van der Waals surface area contributed by atoms with Gasteiger partial charge >= 0.3 is 6.03 Å². The van der Waals surface area contributed by atoms with Crippen LogP contribution in [-0.4, -0.2) is 27.6 Å². The van der Waals surface area contributed by atoms with Gasteiger partial charge in [0, 0.05) is 12.1 Å². The minimum Gasteiger partial charge on any atom is -0.337 e. The molecule has 1 N–H and O–H groups in total. The molecule has 28 heavy (non-hydrogen) atoms. The second kappa shape index (κ2) is 7.80. The fourth-order valence-electron chi connectivity index (χ4n) is 3.45. The lowest BCUT2D eigenvalue weighted by molar-refractivity contribution is 0.142. The summed E-state index contributed by atoms with van der Waals surface area (Å²) >= 11 is 0. The Bertz CT molecular complexity index is 988. The van der Waals surface area contributed by atoms with Crippen molar-refractivity contribution >= 4 is 11.7 Å². The highest BCUT2D eigenvalue weighted by Crippen LogP contribution is 2.32. The van der Waals surface area contributed by atoms with Gasteiger partial charge in [0.05, 0.1) is 5.69 Å². The Kier molecular flexibility index (Phi) is 5.06. The van der Waals surface area contributed by atoms with E-state index < -0.39 is 5.82 Å². The van der Waals surface area contributed by atoms with Gasteiger partial charge < -0.3 is 14.7 Å². The fraction of sp³-hybridized carbons (Fsp3) is 0.286. The van der Waals surface area contributed by atoms with Crippen LogP contribution in [0.2, 0.25) is 0 Å². The average Bonchev–Trinajstić information content (AvgIpc) is 3.20. The molecule has 6 nitrogen and oxygen atoms in total. The van der Waals surface area contributed by atoms with Crippen LogP contribution in [0.4, 0.5) is 14.9 Å². The third kappa shape index (κ3) is 3.74. The first kappa shape index (κ1) is 18.2. The van der Waals surface area contributed by atoms with Crippen LogP contribution >= 0.6 is 0 Å². The van der Waals surface area contributed by atoms with Crippen molar-refractivity contribution in [2.24, 2.45) is 0 Å². The smallest absolute Gasteiger partial charge is 0.322 e. The van der Waals surface area contributed by atoms with E-state index in [0.29, 0.717) is 18.3 Å². The first-order valence-corrected chi connectivity index (χ1v) is 9.34. The summed E-state index contributed by atoms with van der Waals surface area (Å²) in [5.41, 5.74) is 2.13. The molecule has 7 heteroatoms. The first-order chi connectivity index (χ1) is 13.6. The third-order valence-corrected chi connectivity index (χ3v) is 4.88. The van der Waals surface area contributed by atoms with Gasteiger partial charge in [0.1, 0.15) is 11.9 Å². The van der Waals surface area contributed by atoms with Crippen molar-refractivity contribution in [3.63, 3.8) is 0 Å². The summed E-state index contributed by atoms with van der Waals surface area (Å²) in [6.45, 7) is 2.55. The van der Waals surface area contributed by atoms with Crippen LogP contribution in [-0.2, 0) is 0 Å². The van der Waals surface area contributed by atoms with Gasteiger partial charge in [-0.15, -0.1) is 0 Å². The number of anilines is 1. The summed E-state index contributed by atoms with van der Waals surface area (Å²) in [4.78, 5) is 19.0. The van der Waals surface area contributed by atoms with Crippen molar-refractivity contribution in [2.45, 2.75) is 32.2 Å². The summed E-state index contributed by atoms with van der Waals surface area (Å²) in [7, 11) is 0. The molecule has 1 aliphatic rings. The van der Waals surface area contributed by atoms with Gasteiger partial charge in [-0.05, 0) is 44.4 Å². The van der Waals surface area contributed by atoms with Gasteiger partial charge in [-0.25, -0.2) is 9.18 Å². The topological polar surface area (TPSA) is 71.3 Å². The number of rotatable bonds is 3. The predicted molar refractivity (Wildman–Crippen MR) is 103 cm³/mol. The molecular weight excluding hydrogens is 359 g/mol. The maximum atomic E-state index is 13.9. The lowest BCUT2D eigenvalue weighted by Crippen LogP contribution is -2.41. The lowest BCUT2D eigenvalue weighted by atomic mass is 10.0. The number of halogens is 1. The second-order valence-corrected chi connectivity index (χ2v) is 6.94. The molecule has 2 heterocycles. The molecule has 0 spiro atoms. The predicted octanol–water partition coefficient (Wildman–Crippen LogP) is 4.94. The minimum absolute atomic E-state index is 0.155. The monoisotopic (exact) mass is 380 g/mol. The first-order valence-electron chi connectivity index (χ1n) is 9.34. The molecule has 0 unspecified atom stereocenters. The van der Waals surface area contributed by atoms with Crippen LogP contribution in [0, 0.1) is 12.7 Å². The van der Waals surface area contributed by atoms with E-state index in [4.69, 9.17) is 4.52 Å². The Balaban J connectivity index is 1.56. The number of carbonyl (C=O) groups excluding carboxylic acids is 1. The number of para-hydroxylation sites is 1. The highest BCUT2D eigenvalue weighted by molar-refractivity contribution is 5.89. The van der Waals surface area contributed by atoms with E-state index in [1.165, 1.54) is 12.1 Å². The van der Waals surface area contributed by atoms with E-state index >= 15 is 0 Å². The fourth-order valence-corrected chi connectivity index (χ4v) is 3.45. The molecule has 2 aromatic carbocycles. The normalized spacial score (nSPS) is 16.8. The Hall–Kier alpha value is -3.22. The number of hydrogen-bond donors (Lipinski definition) is 1. The molecule has 4 rings (SSSR count). The molecule has 1 atom stereocenters. The Labute approximate surface area is 162 Å². The number of piperidine rings is 1. The Morgan fingerprint density at radius 3 is 2.89 bits per heavy atom. The number of likely N-dealkylation sites (tertiary alicyclic amines) is 1. The number of aromatic nitrogens is 2. The summed E-state index contributed by atoms with van der Waals surface area (Å²) < 4.78 is 19.4. The molecule has 1 fully saturated rings. The number of amides is 2. The standard InChI is InChI=1S/C21H21FN4O2/c1-14-7-6-8-15(13-14)19-24-20(28-25-19)18-11-4-5-12-26(18)21(27)23-17-10-3-2-9-16(17)22/h2-3,6-10,13,18H,4-5,11-12H2,1H3,(H,23,27)/t18-/m1/s1. The zero-order chi connectivity index (χ0) is 19.5. The summed E-state index contributed by atoms with van der Waals surface area (Å²) in [6.07, 6.45) is 2.55. The molecule has 2 amide bonds. The number of carbonyl (C=O) groups is 1. The van der Waals surface area contributed by atoms with Gasteiger partial charge in [0.15, 0.2) is 0 Å². The van der Waals surface area contributed by atoms with Crippen LogP contribution in [0.15, 0.2) is 53.1 Å². The molecule has 1 aliphatic heterocycles. The van der Waals surface area contributed by atoms with E-state index in [1.807, 2.05) is 31.2 Å². The number of nitrogens with zero attached hydrogens (tertiary/aromatic N) is 3. The Morgan fingerprint density at radius 2 is 2.07 bits per heavy atom. The summed E-state index contributed by atoms with van der Waals surface area (Å²) in [6, 6.07) is 13.3. The van der Waals surface area contributed by atoms with Gasteiger partial charge in [0.2, 0.25) is 11.7 Å². The number of urea groups is 1. The molecule has 0 radical (unpaired) electrons. The van der Waals surface area contributed by atoms with Crippen LogP contribution in [0.25, 0.3) is 11.4 Å². The molecule has 0 aliphatic carbocycles. The van der Waals surface area contributed by atoms with Gasteiger partial charge in [-0.2, -0.15) is 4.98 Å². The summed E-state index contributed by atoms with van der Waals surface area (Å²) in [5.74, 6) is 0.433. The largest absolute Gasteiger partial charge is 0.337 e. The van der Waals surface area contributed by atoms with Crippen LogP contribution < -0.4 is 5.32 Å². The average molecular weight is 380 g/mol. The van der Waals surface area contributed by atoms with E-state index in [0.717, 1.165) is 30.4 Å². The van der Waals surface area contributed by atoms with Crippen molar-refractivity contribution in [1.29, 1.82) is 0 Å². The van der Waals surface area contributed by atoms with E-state index in [9.17, 15) is 9.18 Å². The SMILES string of the molecule is Cc1cccc(-c2noc([C@H]3CCCCN3C(=O)Nc3ccccc3F)n2)c1. The van der Waals surface area contributed by atoms with Gasteiger partial charge in [-0.3, -0.25) is 0 Å². The zero-order valence-electron chi connectivity index (χ0n) is 15.6. The number of hydrogen-bond acceptors (Lipinski definition) is 4. The van der Waals surface area contributed by atoms with E-state index in [2.05, 4.69) is 15.5 Å². The molecule has 0 saturated carbocycles. The quantitative estimate of drug-likeness (QED) is 0.698. The van der Waals surface area contributed by atoms with Crippen LogP contribution in [0.5, 0.6) is 0 Å². The maximum absolute atomic E-state index is 13.9. The van der Waals surface area contributed by atoms with E-state index in [-0.39, 0.29) is 17.8 Å². The van der Waals surface area contributed by atoms with E-state index in [1.54, 1.807) is 17.0 Å². The molecule has 144 valence electrons.